The van der Waals surface area contributed by atoms with Crippen LogP contribution in [0.3, 0.4) is 0 Å². The highest BCUT2D eigenvalue weighted by atomic mass is 79.9. The van der Waals surface area contributed by atoms with Crippen LogP contribution in [0.1, 0.15) is 28.3 Å². The minimum absolute atomic E-state index is 0.0355. The lowest BCUT2D eigenvalue weighted by Crippen LogP contribution is -2.14. The fourth-order valence-electron chi connectivity index (χ4n) is 1.86. The van der Waals surface area contributed by atoms with Gasteiger partial charge in [-0.3, -0.25) is 0 Å². The monoisotopic (exact) mass is 345 g/mol. The SMILES string of the molecule is CCc1ccc(C(N)Cc2c(F)ccc(Br)c2F)s1. The van der Waals surface area contributed by atoms with E-state index in [9.17, 15) is 8.78 Å². The van der Waals surface area contributed by atoms with Gasteiger partial charge in [-0.1, -0.05) is 6.92 Å². The van der Waals surface area contributed by atoms with Crippen LogP contribution in [0.2, 0.25) is 0 Å². The molecule has 0 aliphatic carbocycles. The average Bonchev–Trinajstić information content (AvgIpc) is 2.88. The van der Waals surface area contributed by atoms with Crippen molar-refractivity contribution in [2.24, 2.45) is 5.73 Å². The molecule has 1 heterocycles. The standard InChI is InChI=1S/C14H14BrF2NS/c1-2-8-3-6-13(19-8)12(18)7-9-11(16)5-4-10(15)14(9)17/h3-6,12H,2,7,18H2,1H3. The topological polar surface area (TPSA) is 26.0 Å². The maximum absolute atomic E-state index is 13.9. The van der Waals surface area contributed by atoms with E-state index in [0.29, 0.717) is 0 Å². The van der Waals surface area contributed by atoms with E-state index in [0.717, 1.165) is 11.3 Å². The zero-order valence-electron chi connectivity index (χ0n) is 10.4. The molecular formula is C14H14BrF2NS. The largest absolute Gasteiger partial charge is 0.323 e. The van der Waals surface area contributed by atoms with Gasteiger partial charge in [0.2, 0.25) is 0 Å². The molecule has 0 amide bonds. The summed E-state index contributed by atoms with van der Waals surface area (Å²) in [7, 11) is 0. The minimum Gasteiger partial charge on any atom is -0.323 e. The lowest BCUT2D eigenvalue weighted by atomic mass is 10.0. The first-order valence-electron chi connectivity index (χ1n) is 5.99. The summed E-state index contributed by atoms with van der Waals surface area (Å²) in [6.45, 7) is 2.06. The molecule has 1 unspecified atom stereocenters. The fraction of sp³-hybridized carbons (Fsp3) is 0.286. The molecule has 2 N–H and O–H groups in total. The Labute approximate surface area is 123 Å². The van der Waals surface area contributed by atoms with Crippen LogP contribution in [0.5, 0.6) is 0 Å². The van der Waals surface area contributed by atoms with Gasteiger partial charge < -0.3 is 5.73 Å². The maximum Gasteiger partial charge on any atom is 0.143 e. The normalized spacial score (nSPS) is 12.7. The van der Waals surface area contributed by atoms with Gasteiger partial charge in [0.1, 0.15) is 11.6 Å². The molecule has 1 atom stereocenters. The van der Waals surface area contributed by atoms with Gasteiger partial charge in [-0.25, -0.2) is 8.78 Å². The van der Waals surface area contributed by atoms with E-state index in [4.69, 9.17) is 5.73 Å². The third kappa shape index (κ3) is 3.22. The summed E-state index contributed by atoms with van der Waals surface area (Å²) in [6, 6.07) is 6.17. The molecule has 2 aromatic rings. The third-order valence-electron chi connectivity index (χ3n) is 2.96. The van der Waals surface area contributed by atoms with Crippen molar-refractivity contribution < 1.29 is 8.78 Å². The molecule has 1 nitrogen and oxygen atoms in total. The Hall–Kier alpha value is -0.780. The Morgan fingerprint density at radius 2 is 2.00 bits per heavy atom. The fourth-order valence-corrected chi connectivity index (χ4v) is 3.19. The molecule has 1 aromatic carbocycles. The summed E-state index contributed by atoms with van der Waals surface area (Å²) in [5.41, 5.74) is 6.08. The van der Waals surface area contributed by atoms with Crippen molar-refractivity contribution in [3.63, 3.8) is 0 Å². The van der Waals surface area contributed by atoms with E-state index in [1.165, 1.54) is 17.0 Å². The van der Waals surface area contributed by atoms with Gasteiger partial charge in [-0.2, -0.15) is 0 Å². The number of hydrogen-bond acceptors (Lipinski definition) is 2. The molecule has 0 aliphatic heterocycles. The Morgan fingerprint density at radius 1 is 1.26 bits per heavy atom. The lowest BCUT2D eigenvalue weighted by Gasteiger charge is -2.12. The number of rotatable bonds is 4. The molecule has 102 valence electrons. The summed E-state index contributed by atoms with van der Waals surface area (Å²) >= 11 is 4.66. The summed E-state index contributed by atoms with van der Waals surface area (Å²) in [5, 5.41) is 0. The van der Waals surface area contributed by atoms with Gasteiger partial charge in [0, 0.05) is 21.4 Å². The molecule has 0 saturated carbocycles. The summed E-state index contributed by atoms with van der Waals surface area (Å²) in [6.07, 6.45) is 1.10. The van der Waals surface area contributed by atoms with Crippen LogP contribution in [0.4, 0.5) is 8.78 Å². The van der Waals surface area contributed by atoms with Crippen LogP contribution in [0.25, 0.3) is 0 Å². The van der Waals surface area contributed by atoms with Crippen LogP contribution >= 0.6 is 27.3 Å². The van der Waals surface area contributed by atoms with Gasteiger partial charge in [0.25, 0.3) is 0 Å². The summed E-state index contributed by atoms with van der Waals surface area (Å²) in [4.78, 5) is 2.18. The van der Waals surface area contributed by atoms with Crippen LogP contribution in [0, 0.1) is 11.6 Å². The first-order chi connectivity index (χ1) is 9.02. The number of hydrogen-bond donors (Lipinski definition) is 1. The minimum atomic E-state index is -0.567. The highest BCUT2D eigenvalue weighted by Crippen LogP contribution is 2.28. The molecule has 2 rings (SSSR count). The van der Waals surface area contributed by atoms with Crippen molar-refractivity contribution in [1.82, 2.24) is 0 Å². The predicted molar refractivity (Wildman–Crippen MR) is 78.4 cm³/mol. The second kappa shape index (κ2) is 6.11. The van der Waals surface area contributed by atoms with E-state index in [1.807, 2.05) is 12.1 Å². The molecule has 0 spiro atoms. The first kappa shape index (κ1) is 14.6. The number of thiophene rings is 1. The van der Waals surface area contributed by atoms with Crippen LogP contribution in [-0.4, -0.2) is 0 Å². The van der Waals surface area contributed by atoms with E-state index in [2.05, 4.69) is 22.9 Å². The molecule has 19 heavy (non-hydrogen) atoms. The number of nitrogens with two attached hydrogens (primary N) is 1. The van der Waals surface area contributed by atoms with E-state index >= 15 is 0 Å². The predicted octanol–water partition coefficient (Wildman–Crippen LogP) is 4.59. The summed E-state index contributed by atoms with van der Waals surface area (Å²) in [5.74, 6) is -1.12. The zero-order valence-corrected chi connectivity index (χ0v) is 12.8. The van der Waals surface area contributed by atoms with E-state index in [1.54, 1.807) is 11.3 Å². The first-order valence-corrected chi connectivity index (χ1v) is 7.60. The van der Waals surface area contributed by atoms with Gasteiger partial charge in [0.05, 0.1) is 4.47 Å². The second-order valence-corrected chi connectivity index (χ2v) is 6.34. The second-order valence-electron chi connectivity index (χ2n) is 4.29. The van der Waals surface area contributed by atoms with Crippen molar-refractivity contribution in [1.29, 1.82) is 0 Å². The van der Waals surface area contributed by atoms with Crippen LogP contribution in [-0.2, 0) is 12.8 Å². The smallest absolute Gasteiger partial charge is 0.143 e. The lowest BCUT2D eigenvalue weighted by molar-refractivity contribution is 0.537. The van der Waals surface area contributed by atoms with Gasteiger partial charge >= 0.3 is 0 Å². The quantitative estimate of drug-likeness (QED) is 0.805. The van der Waals surface area contributed by atoms with Crippen molar-refractivity contribution in [3.8, 4) is 0 Å². The Kier molecular flexibility index (Phi) is 4.71. The highest BCUT2D eigenvalue weighted by molar-refractivity contribution is 9.10. The van der Waals surface area contributed by atoms with Gasteiger partial charge in [0.15, 0.2) is 0 Å². The Morgan fingerprint density at radius 3 is 2.63 bits per heavy atom. The maximum atomic E-state index is 13.9. The van der Waals surface area contributed by atoms with Crippen molar-refractivity contribution in [2.45, 2.75) is 25.8 Å². The number of aryl methyl sites for hydroxylation is 1. The van der Waals surface area contributed by atoms with E-state index < -0.39 is 11.6 Å². The molecule has 0 bridgehead atoms. The molecule has 0 radical (unpaired) electrons. The highest BCUT2D eigenvalue weighted by Gasteiger charge is 2.17. The number of halogens is 3. The third-order valence-corrected chi connectivity index (χ3v) is 4.93. The van der Waals surface area contributed by atoms with Crippen molar-refractivity contribution >= 4 is 27.3 Å². The Bertz CT molecular complexity index is 583. The van der Waals surface area contributed by atoms with E-state index in [-0.39, 0.29) is 22.5 Å². The molecule has 0 aliphatic rings. The molecule has 1 aromatic heterocycles. The Balaban J connectivity index is 2.23. The molecular weight excluding hydrogens is 332 g/mol. The molecule has 0 fully saturated rings. The van der Waals surface area contributed by atoms with Gasteiger partial charge in [-0.15, -0.1) is 11.3 Å². The molecule has 0 saturated heterocycles. The zero-order chi connectivity index (χ0) is 14.0. The van der Waals surface area contributed by atoms with Crippen molar-refractivity contribution in [2.75, 3.05) is 0 Å². The van der Waals surface area contributed by atoms with Gasteiger partial charge in [-0.05, 0) is 53.0 Å². The summed E-state index contributed by atoms with van der Waals surface area (Å²) < 4.78 is 27.8. The van der Waals surface area contributed by atoms with Crippen molar-refractivity contribution in [3.05, 3.63) is 55.7 Å². The average molecular weight is 346 g/mol. The molecule has 5 heteroatoms. The van der Waals surface area contributed by atoms with Crippen LogP contribution < -0.4 is 5.73 Å². The number of benzene rings is 1. The van der Waals surface area contributed by atoms with Crippen LogP contribution in [0.15, 0.2) is 28.7 Å².